The van der Waals surface area contributed by atoms with Gasteiger partial charge < -0.3 is 25.4 Å². The lowest BCUT2D eigenvalue weighted by Gasteiger charge is -2.36. The molecule has 1 spiro atoms. The summed E-state index contributed by atoms with van der Waals surface area (Å²) in [5, 5.41) is 15.9. The van der Waals surface area contributed by atoms with Crippen molar-refractivity contribution >= 4 is 51.1 Å². The van der Waals surface area contributed by atoms with Crippen LogP contribution in [-0.4, -0.2) is 67.8 Å². The highest BCUT2D eigenvalue weighted by atomic mass is 79.9. The molecule has 3 unspecified atom stereocenters. The minimum absolute atomic E-state index is 0.0264. The van der Waals surface area contributed by atoms with Crippen molar-refractivity contribution in [2.24, 2.45) is 11.8 Å². The molecule has 2 bridgehead atoms. The van der Waals surface area contributed by atoms with Gasteiger partial charge in [0, 0.05) is 22.3 Å². The van der Waals surface area contributed by atoms with Crippen LogP contribution < -0.4 is 15.4 Å². The predicted molar refractivity (Wildman–Crippen MR) is 150 cm³/mol. The number of hydrogen-bond donors (Lipinski definition) is 3. The standard InChI is InChI=1S/C28H32BrN3O5S/c1-3-37-19-11-9-18(10-12-19)31-25(34)21-22-27(36)32(16(2)15-33)24(28(22)13-20(29)23(21)38-28)26(35)30-14-17-7-5-4-6-8-17/h4-12,16,20-24,33H,3,13-15H2,1-2H3,(H,30,35)(H,31,34)/t16-,20?,21-,22+,23-,24?,28?/m1/s1. The summed E-state index contributed by atoms with van der Waals surface area (Å²) < 4.78 is 4.72. The van der Waals surface area contributed by atoms with Crippen LogP contribution in [0.4, 0.5) is 5.69 Å². The summed E-state index contributed by atoms with van der Waals surface area (Å²) in [4.78, 5) is 42.9. The molecule has 0 aromatic heterocycles. The molecule has 7 atom stereocenters. The number of nitrogens with zero attached hydrogens (tertiary/aromatic N) is 1. The second-order valence-corrected chi connectivity index (χ2v) is 12.8. The molecule has 0 radical (unpaired) electrons. The van der Waals surface area contributed by atoms with E-state index in [0.29, 0.717) is 31.0 Å². The van der Waals surface area contributed by atoms with Crippen LogP contribution in [0.15, 0.2) is 54.6 Å². The number of amides is 3. The average Bonchev–Trinajstić information content (AvgIpc) is 3.52. The molecule has 3 aliphatic rings. The highest BCUT2D eigenvalue weighted by Gasteiger charge is 2.76. The summed E-state index contributed by atoms with van der Waals surface area (Å²) in [6.45, 7) is 4.26. The zero-order chi connectivity index (χ0) is 27.0. The lowest BCUT2D eigenvalue weighted by molar-refractivity contribution is -0.141. The van der Waals surface area contributed by atoms with Gasteiger partial charge in [0.25, 0.3) is 0 Å². The van der Waals surface area contributed by atoms with Crippen molar-refractivity contribution in [2.75, 3.05) is 18.5 Å². The van der Waals surface area contributed by atoms with E-state index in [1.54, 1.807) is 43.0 Å². The molecule has 8 nitrogen and oxygen atoms in total. The third-order valence-electron chi connectivity index (χ3n) is 7.76. The Hall–Kier alpha value is -2.56. The minimum atomic E-state index is -0.788. The van der Waals surface area contributed by atoms with Crippen molar-refractivity contribution < 1.29 is 24.2 Å². The number of rotatable bonds is 9. The number of ether oxygens (including phenoxy) is 1. The highest BCUT2D eigenvalue weighted by molar-refractivity contribution is 9.09. The van der Waals surface area contributed by atoms with Crippen LogP contribution in [0.25, 0.3) is 0 Å². The molecule has 3 fully saturated rings. The first kappa shape index (κ1) is 27.0. The van der Waals surface area contributed by atoms with E-state index in [1.807, 2.05) is 37.3 Å². The maximum Gasteiger partial charge on any atom is 0.244 e. The summed E-state index contributed by atoms with van der Waals surface area (Å²) >= 11 is 5.34. The molecular formula is C28H32BrN3O5S. The Labute approximate surface area is 235 Å². The van der Waals surface area contributed by atoms with Gasteiger partial charge in [-0.2, -0.15) is 0 Å². The topological polar surface area (TPSA) is 108 Å². The van der Waals surface area contributed by atoms with Gasteiger partial charge >= 0.3 is 0 Å². The number of likely N-dealkylation sites (tertiary alicyclic amines) is 1. The number of carbonyl (C=O) groups excluding carboxylic acids is 3. The van der Waals surface area contributed by atoms with Crippen LogP contribution in [0.5, 0.6) is 5.75 Å². The smallest absolute Gasteiger partial charge is 0.244 e. The number of aliphatic hydroxyl groups excluding tert-OH is 1. The third kappa shape index (κ3) is 4.60. The average molecular weight is 603 g/mol. The van der Waals surface area contributed by atoms with Crippen molar-refractivity contribution in [3.05, 3.63) is 60.2 Å². The summed E-state index contributed by atoms with van der Waals surface area (Å²) in [6.07, 6.45) is 0.587. The molecule has 0 aliphatic carbocycles. The first-order valence-electron chi connectivity index (χ1n) is 12.9. The number of thioether (sulfide) groups is 1. The van der Waals surface area contributed by atoms with Crippen LogP contribution in [0.2, 0.25) is 0 Å². The van der Waals surface area contributed by atoms with E-state index in [9.17, 15) is 19.5 Å². The van der Waals surface area contributed by atoms with Crippen molar-refractivity contribution in [1.82, 2.24) is 10.2 Å². The molecule has 2 aromatic carbocycles. The van der Waals surface area contributed by atoms with Gasteiger partial charge in [0.2, 0.25) is 17.7 Å². The molecule has 3 heterocycles. The van der Waals surface area contributed by atoms with E-state index in [-0.39, 0.29) is 34.4 Å². The SMILES string of the molecule is CCOc1ccc(NC(=O)[C@H]2[C@@H]3SC4(CC3Br)C(C(=O)NCc3ccccc3)N([C@H](C)CO)C(=O)[C@H]24)cc1. The van der Waals surface area contributed by atoms with E-state index in [2.05, 4.69) is 26.6 Å². The summed E-state index contributed by atoms with van der Waals surface area (Å²) in [5.41, 5.74) is 1.57. The molecule has 2 aromatic rings. The largest absolute Gasteiger partial charge is 0.494 e. The van der Waals surface area contributed by atoms with Gasteiger partial charge in [-0.3, -0.25) is 14.4 Å². The highest BCUT2D eigenvalue weighted by Crippen LogP contribution is 2.68. The number of nitrogens with one attached hydrogen (secondary N) is 2. The molecule has 0 saturated carbocycles. The van der Waals surface area contributed by atoms with E-state index in [4.69, 9.17) is 4.74 Å². The quantitative estimate of drug-likeness (QED) is 0.381. The second kappa shape index (κ2) is 10.9. The van der Waals surface area contributed by atoms with Crippen molar-refractivity contribution in [1.29, 1.82) is 0 Å². The molecule has 38 heavy (non-hydrogen) atoms. The summed E-state index contributed by atoms with van der Waals surface area (Å²) in [7, 11) is 0. The molecule has 10 heteroatoms. The molecule has 3 amide bonds. The van der Waals surface area contributed by atoms with Gasteiger partial charge in [0.15, 0.2) is 0 Å². The minimum Gasteiger partial charge on any atom is -0.494 e. The van der Waals surface area contributed by atoms with Crippen molar-refractivity contribution in [3.63, 3.8) is 0 Å². The number of carbonyl (C=O) groups is 3. The number of hydrogen-bond acceptors (Lipinski definition) is 6. The molecule has 3 saturated heterocycles. The van der Waals surface area contributed by atoms with Gasteiger partial charge in [-0.25, -0.2) is 0 Å². The molecular weight excluding hydrogens is 570 g/mol. The third-order valence-corrected chi connectivity index (χ3v) is 11.0. The lowest BCUT2D eigenvalue weighted by Crippen LogP contribution is -2.56. The monoisotopic (exact) mass is 601 g/mol. The van der Waals surface area contributed by atoms with Gasteiger partial charge in [-0.05, 0) is 50.1 Å². The number of benzene rings is 2. The maximum atomic E-state index is 14.0. The van der Waals surface area contributed by atoms with E-state index < -0.39 is 28.7 Å². The maximum absolute atomic E-state index is 14.0. The number of aliphatic hydroxyl groups is 1. The van der Waals surface area contributed by atoms with Crippen LogP contribution in [0.3, 0.4) is 0 Å². The Kier molecular flexibility index (Phi) is 7.75. The van der Waals surface area contributed by atoms with Crippen LogP contribution in [-0.2, 0) is 20.9 Å². The first-order valence-corrected chi connectivity index (χ1v) is 14.7. The molecule has 3 aliphatic heterocycles. The zero-order valence-electron chi connectivity index (χ0n) is 21.3. The molecule has 3 N–H and O–H groups in total. The zero-order valence-corrected chi connectivity index (χ0v) is 23.7. The van der Waals surface area contributed by atoms with Gasteiger partial charge in [-0.1, -0.05) is 46.3 Å². The Morgan fingerprint density at radius 1 is 1.18 bits per heavy atom. The van der Waals surface area contributed by atoms with E-state index in [1.165, 1.54) is 4.90 Å². The predicted octanol–water partition coefficient (Wildman–Crippen LogP) is 3.19. The number of halogens is 1. The Bertz CT molecular complexity index is 1200. The van der Waals surface area contributed by atoms with E-state index >= 15 is 0 Å². The molecule has 202 valence electrons. The van der Waals surface area contributed by atoms with Crippen LogP contribution in [0.1, 0.15) is 25.8 Å². The Balaban J connectivity index is 1.42. The van der Waals surface area contributed by atoms with E-state index in [0.717, 1.165) is 5.56 Å². The fourth-order valence-corrected chi connectivity index (χ4v) is 9.74. The second-order valence-electron chi connectivity index (χ2n) is 10.1. The summed E-state index contributed by atoms with van der Waals surface area (Å²) in [6, 6.07) is 15.4. The number of alkyl halides is 1. The van der Waals surface area contributed by atoms with Crippen molar-refractivity contribution in [2.45, 2.75) is 53.7 Å². The fourth-order valence-electron chi connectivity index (χ4n) is 6.14. The van der Waals surface area contributed by atoms with Gasteiger partial charge in [0.05, 0.1) is 35.8 Å². The lowest BCUT2D eigenvalue weighted by atomic mass is 9.70. The van der Waals surface area contributed by atoms with Crippen molar-refractivity contribution in [3.8, 4) is 5.75 Å². The van der Waals surface area contributed by atoms with Crippen LogP contribution >= 0.6 is 27.7 Å². The normalized spacial score (nSPS) is 30.2. The Morgan fingerprint density at radius 2 is 1.89 bits per heavy atom. The fraction of sp³-hybridized carbons (Fsp3) is 0.464. The molecule has 5 rings (SSSR count). The first-order chi connectivity index (χ1) is 18.3. The number of fused-ring (bicyclic) bond motifs is 1. The van der Waals surface area contributed by atoms with Gasteiger partial charge in [-0.15, -0.1) is 11.8 Å². The van der Waals surface area contributed by atoms with Gasteiger partial charge in [0.1, 0.15) is 11.8 Å². The summed E-state index contributed by atoms with van der Waals surface area (Å²) in [5.74, 6) is -1.30. The number of anilines is 1. The Morgan fingerprint density at radius 3 is 2.55 bits per heavy atom. The van der Waals surface area contributed by atoms with Crippen LogP contribution in [0, 0.1) is 11.8 Å².